The summed E-state index contributed by atoms with van der Waals surface area (Å²) in [5.74, 6) is -1.36. The summed E-state index contributed by atoms with van der Waals surface area (Å²) in [5.41, 5.74) is -0.314. The van der Waals surface area contributed by atoms with Crippen molar-refractivity contribution >= 4 is 27.1 Å². The summed E-state index contributed by atoms with van der Waals surface area (Å²) < 4.78 is 34.4. The number of carbonyl (C=O) groups excluding carboxylic acids is 1. The zero-order valence-corrected chi connectivity index (χ0v) is 16.9. The molecule has 0 spiro atoms. The van der Waals surface area contributed by atoms with Crippen LogP contribution >= 0.6 is 0 Å². The minimum atomic E-state index is -3.40. The second-order valence-electron chi connectivity index (χ2n) is 7.04. The van der Waals surface area contributed by atoms with Gasteiger partial charge in [0.2, 0.25) is 5.76 Å². The number of cyclic esters (lactones) is 1. The number of benzene rings is 1. The Bertz CT molecular complexity index is 1150. The lowest BCUT2D eigenvalue weighted by atomic mass is 9.92. The number of sulfone groups is 1. The Kier molecular flexibility index (Phi) is 4.91. The fourth-order valence-corrected chi connectivity index (χ4v) is 3.69. The summed E-state index contributed by atoms with van der Waals surface area (Å²) >= 11 is 0. The second kappa shape index (κ2) is 6.96. The molecule has 0 radical (unpaired) electrons. The second-order valence-corrected chi connectivity index (χ2v) is 9.06. The van der Waals surface area contributed by atoms with Gasteiger partial charge in [-0.3, -0.25) is 10.1 Å². The van der Waals surface area contributed by atoms with Crippen LogP contribution in [0.4, 0.5) is 5.69 Å². The smallest absolute Gasteiger partial charge is 0.375 e. The predicted octanol–water partition coefficient (Wildman–Crippen LogP) is 2.83. The Morgan fingerprint density at radius 2 is 1.79 bits per heavy atom. The molecular formula is C19H18N2O7S. The third kappa shape index (κ3) is 3.83. The number of aryl methyl sites for hydroxylation is 1. The van der Waals surface area contributed by atoms with Crippen LogP contribution in [0, 0.1) is 17.0 Å². The molecule has 0 amide bonds. The van der Waals surface area contributed by atoms with Crippen molar-refractivity contribution in [2.75, 3.05) is 6.26 Å². The highest BCUT2D eigenvalue weighted by atomic mass is 32.2. The molecule has 0 aliphatic carbocycles. The maximum atomic E-state index is 12.5. The van der Waals surface area contributed by atoms with E-state index in [1.165, 1.54) is 43.5 Å². The van der Waals surface area contributed by atoms with Crippen LogP contribution in [0.3, 0.4) is 0 Å². The predicted molar refractivity (Wildman–Crippen MR) is 103 cm³/mol. The maximum Gasteiger partial charge on any atom is 0.375 e. The summed E-state index contributed by atoms with van der Waals surface area (Å²) in [5, 5.41) is 11.4. The number of nitrogens with zero attached hydrogens (tertiary/aromatic N) is 2. The Labute approximate surface area is 167 Å². The SMILES string of the molecule is Cc1ccnc(OC2=C(c3ccc(S(C)(=O)=O)cc3)C(C)(C)OC2=O)c1[N+](=O)[O-]. The van der Waals surface area contributed by atoms with E-state index in [1.54, 1.807) is 13.8 Å². The molecule has 0 fully saturated rings. The Hall–Kier alpha value is -3.27. The molecule has 152 valence electrons. The molecule has 9 nitrogen and oxygen atoms in total. The summed E-state index contributed by atoms with van der Waals surface area (Å²) in [7, 11) is -3.40. The molecule has 3 rings (SSSR count). The molecule has 0 atom stereocenters. The average molecular weight is 418 g/mol. The number of aromatic nitrogens is 1. The summed E-state index contributed by atoms with van der Waals surface area (Å²) in [6.45, 7) is 4.81. The van der Waals surface area contributed by atoms with Crippen molar-refractivity contribution in [1.29, 1.82) is 0 Å². The van der Waals surface area contributed by atoms with Gasteiger partial charge in [0.1, 0.15) is 5.60 Å². The van der Waals surface area contributed by atoms with Crippen molar-refractivity contribution in [3.05, 3.63) is 63.5 Å². The van der Waals surface area contributed by atoms with Crippen molar-refractivity contribution in [1.82, 2.24) is 4.98 Å². The van der Waals surface area contributed by atoms with Gasteiger partial charge in [-0.2, -0.15) is 0 Å². The molecule has 29 heavy (non-hydrogen) atoms. The van der Waals surface area contributed by atoms with Gasteiger partial charge in [0, 0.05) is 18.0 Å². The van der Waals surface area contributed by atoms with Crippen LogP contribution in [0.5, 0.6) is 5.88 Å². The van der Waals surface area contributed by atoms with Gasteiger partial charge >= 0.3 is 11.7 Å². The number of pyridine rings is 1. The fraction of sp³-hybridized carbons (Fsp3) is 0.263. The molecule has 0 unspecified atom stereocenters. The van der Waals surface area contributed by atoms with E-state index in [0.717, 1.165) is 6.26 Å². The molecule has 2 heterocycles. The number of hydrogen-bond acceptors (Lipinski definition) is 8. The standard InChI is InChI=1S/C19H18N2O7S/c1-11-9-10-20-17(15(11)21(23)24)27-16-14(19(2,3)28-18(16)22)12-5-7-13(8-6-12)29(4,25)26/h5-10H,1-4H3. The van der Waals surface area contributed by atoms with Crippen LogP contribution < -0.4 is 4.74 Å². The van der Waals surface area contributed by atoms with Gasteiger partial charge in [0.15, 0.2) is 9.84 Å². The lowest BCUT2D eigenvalue weighted by Crippen LogP contribution is -2.22. The maximum absolute atomic E-state index is 12.5. The first-order valence-electron chi connectivity index (χ1n) is 8.48. The van der Waals surface area contributed by atoms with E-state index in [2.05, 4.69) is 4.98 Å². The molecule has 2 aromatic rings. The molecule has 0 N–H and O–H groups in total. The number of carbonyl (C=O) groups is 1. The van der Waals surface area contributed by atoms with Crippen molar-refractivity contribution in [3.63, 3.8) is 0 Å². The van der Waals surface area contributed by atoms with Crippen molar-refractivity contribution in [3.8, 4) is 5.88 Å². The molecule has 0 saturated carbocycles. The van der Waals surface area contributed by atoms with Gasteiger partial charge in [-0.25, -0.2) is 18.2 Å². The normalized spacial score (nSPS) is 15.9. The molecule has 1 aromatic heterocycles. The Morgan fingerprint density at radius 3 is 2.34 bits per heavy atom. The first-order valence-corrected chi connectivity index (χ1v) is 10.4. The third-order valence-electron chi connectivity index (χ3n) is 4.41. The molecular weight excluding hydrogens is 400 g/mol. The third-order valence-corrected chi connectivity index (χ3v) is 5.54. The first kappa shape index (κ1) is 20.5. The van der Waals surface area contributed by atoms with Gasteiger partial charge in [0.25, 0.3) is 5.88 Å². The minimum absolute atomic E-state index is 0.114. The highest BCUT2D eigenvalue weighted by molar-refractivity contribution is 7.90. The summed E-state index contributed by atoms with van der Waals surface area (Å²) in [6.07, 6.45) is 2.43. The first-order chi connectivity index (χ1) is 13.4. The number of nitro groups is 1. The van der Waals surface area contributed by atoms with Crippen LogP contribution in [0.15, 0.2) is 47.2 Å². The van der Waals surface area contributed by atoms with E-state index in [1.807, 2.05) is 0 Å². The van der Waals surface area contributed by atoms with Crippen LogP contribution in [0.25, 0.3) is 5.57 Å². The number of ether oxygens (including phenoxy) is 2. The van der Waals surface area contributed by atoms with E-state index in [9.17, 15) is 23.3 Å². The number of esters is 1. The number of hydrogen-bond donors (Lipinski definition) is 0. The van der Waals surface area contributed by atoms with E-state index in [0.29, 0.717) is 16.7 Å². The van der Waals surface area contributed by atoms with E-state index < -0.39 is 26.3 Å². The summed E-state index contributed by atoms with van der Waals surface area (Å²) in [4.78, 5) is 27.3. The van der Waals surface area contributed by atoms with Crippen molar-refractivity contribution in [2.45, 2.75) is 31.3 Å². The van der Waals surface area contributed by atoms with Gasteiger partial charge in [0.05, 0.1) is 15.4 Å². The fourth-order valence-electron chi connectivity index (χ4n) is 3.06. The minimum Gasteiger partial charge on any atom is -0.449 e. The lowest BCUT2D eigenvalue weighted by Gasteiger charge is -2.21. The topological polar surface area (TPSA) is 126 Å². The zero-order chi connectivity index (χ0) is 21.6. The lowest BCUT2D eigenvalue weighted by molar-refractivity contribution is -0.386. The van der Waals surface area contributed by atoms with Gasteiger partial charge in [-0.15, -0.1) is 0 Å². The van der Waals surface area contributed by atoms with Crippen molar-refractivity contribution in [2.24, 2.45) is 0 Å². The monoisotopic (exact) mass is 418 g/mol. The Balaban J connectivity index is 2.15. The molecule has 0 bridgehead atoms. The van der Waals surface area contributed by atoms with E-state index in [4.69, 9.17) is 9.47 Å². The zero-order valence-electron chi connectivity index (χ0n) is 16.1. The van der Waals surface area contributed by atoms with Crippen LogP contribution in [0.1, 0.15) is 25.0 Å². The van der Waals surface area contributed by atoms with Gasteiger partial charge in [-0.05, 0) is 44.5 Å². The highest BCUT2D eigenvalue weighted by Gasteiger charge is 2.44. The van der Waals surface area contributed by atoms with Crippen molar-refractivity contribution < 1.29 is 27.6 Å². The molecule has 0 saturated heterocycles. The molecule has 1 aliphatic rings. The Morgan fingerprint density at radius 1 is 1.17 bits per heavy atom. The van der Waals surface area contributed by atoms with E-state index in [-0.39, 0.29) is 22.2 Å². The quantitative estimate of drug-likeness (QED) is 0.412. The molecule has 1 aliphatic heterocycles. The van der Waals surface area contributed by atoms with Gasteiger partial charge in [-0.1, -0.05) is 12.1 Å². The van der Waals surface area contributed by atoms with Crippen LogP contribution in [-0.2, 0) is 19.4 Å². The van der Waals surface area contributed by atoms with Crippen LogP contribution in [0.2, 0.25) is 0 Å². The molecule has 1 aromatic carbocycles. The van der Waals surface area contributed by atoms with Crippen LogP contribution in [-0.4, -0.2) is 36.2 Å². The van der Waals surface area contributed by atoms with Gasteiger partial charge < -0.3 is 9.47 Å². The largest absolute Gasteiger partial charge is 0.449 e. The number of rotatable bonds is 5. The summed E-state index contributed by atoms with van der Waals surface area (Å²) in [6, 6.07) is 7.32. The molecule has 10 heteroatoms. The van der Waals surface area contributed by atoms with E-state index >= 15 is 0 Å². The average Bonchev–Trinajstić information content (AvgIpc) is 2.82. The highest BCUT2D eigenvalue weighted by Crippen LogP contribution is 2.41.